The normalized spacial score (nSPS) is 12.2. The summed E-state index contributed by atoms with van der Waals surface area (Å²) in [7, 11) is 0. The zero-order chi connectivity index (χ0) is 20.5. The van der Waals surface area contributed by atoms with E-state index in [9.17, 15) is 0 Å². The van der Waals surface area contributed by atoms with Crippen LogP contribution in [0.3, 0.4) is 0 Å². The number of aliphatic imine (C=N–C) groups is 1. The first kappa shape index (κ1) is 21.1. The molecule has 0 fully saturated rings. The van der Waals surface area contributed by atoms with Crippen molar-refractivity contribution in [2.45, 2.75) is 46.8 Å². The molecule has 0 aliphatic rings. The van der Waals surface area contributed by atoms with Gasteiger partial charge in [0.1, 0.15) is 0 Å². The van der Waals surface area contributed by atoms with Crippen LogP contribution in [0.4, 0.5) is 11.9 Å². The van der Waals surface area contributed by atoms with Crippen molar-refractivity contribution in [2.75, 3.05) is 10.6 Å². The average molecular weight is 380 g/mol. The number of nitrogens with one attached hydrogen (secondary N) is 2. The van der Waals surface area contributed by atoms with E-state index in [1.807, 2.05) is 71.0 Å². The minimum absolute atomic E-state index is 0.0278. The lowest BCUT2D eigenvalue weighted by molar-refractivity contribution is 0.146. The molecular formula is C21H28N6O. The van der Waals surface area contributed by atoms with Gasteiger partial charge in [0.05, 0.1) is 6.10 Å². The Balaban J connectivity index is 2.29. The number of hydrogen-bond donors (Lipinski definition) is 2. The van der Waals surface area contributed by atoms with E-state index in [1.165, 1.54) is 0 Å². The van der Waals surface area contributed by atoms with E-state index in [-0.39, 0.29) is 12.1 Å². The van der Waals surface area contributed by atoms with Gasteiger partial charge >= 0.3 is 0 Å². The van der Waals surface area contributed by atoms with Gasteiger partial charge in [0, 0.05) is 23.4 Å². The molecule has 2 aromatic rings. The van der Waals surface area contributed by atoms with Crippen molar-refractivity contribution < 1.29 is 4.74 Å². The molecule has 2 N–H and O–H groups in total. The number of aromatic nitrogens is 3. The number of allylic oxidation sites excluding steroid dienone is 3. The highest BCUT2D eigenvalue weighted by Crippen LogP contribution is 2.18. The van der Waals surface area contributed by atoms with Gasteiger partial charge in [-0.1, -0.05) is 30.3 Å². The number of nitrogens with zero attached hydrogens (tertiary/aromatic N) is 4. The minimum atomic E-state index is 0.0278. The minimum Gasteiger partial charge on any atom is -0.475 e. The van der Waals surface area contributed by atoms with Gasteiger partial charge in [-0.15, -0.1) is 0 Å². The van der Waals surface area contributed by atoms with Gasteiger partial charge in [0.2, 0.25) is 17.8 Å². The molecule has 0 saturated heterocycles. The highest BCUT2D eigenvalue weighted by molar-refractivity contribution is 5.58. The lowest BCUT2D eigenvalue weighted by atomic mass is 10.2. The predicted molar refractivity (Wildman–Crippen MR) is 115 cm³/mol. The fourth-order valence-corrected chi connectivity index (χ4v) is 2.26. The van der Waals surface area contributed by atoms with E-state index in [0.29, 0.717) is 23.6 Å². The van der Waals surface area contributed by atoms with Crippen LogP contribution in [-0.2, 0) is 4.74 Å². The molecule has 0 aliphatic heterocycles. The summed E-state index contributed by atoms with van der Waals surface area (Å²) in [6.07, 6.45) is 3.62. The first-order valence-corrected chi connectivity index (χ1v) is 9.24. The van der Waals surface area contributed by atoms with E-state index in [4.69, 9.17) is 4.74 Å². The molecule has 0 amide bonds. The molecule has 1 heterocycles. The smallest absolute Gasteiger partial charge is 0.232 e. The van der Waals surface area contributed by atoms with Gasteiger partial charge in [-0.05, 0) is 47.4 Å². The van der Waals surface area contributed by atoms with Crippen molar-refractivity contribution in [1.29, 1.82) is 0 Å². The number of benzene rings is 1. The summed E-state index contributed by atoms with van der Waals surface area (Å²) in [6, 6.07) is 10.0. The number of anilines is 2. The summed E-state index contributed by atoms with van der Waals surface area (Å²) in [5.74, 6) is 2.03. The summed E-state index contributed by atoms with van der Waals surface area (Å²) < 4.78 is 5.55. The average Bonchev–Trinajstić information content (AvgIpc) is 2.64. The molecule has 0 unspecified atom stereocenters. The highest BCUT2D eigenvalue weighted by atomic mass is 16.5. The molecule has 0 saturated carbocycles. The Labute approximate surface area is 166 Å². The van der Waals surface area contributed by atoms with E-state index >= 15 is 0 Å². The van der Waals surface area contributed by atoms with Gasteiger partial charge < -0.3 is 15.4 Å². The maximum Gasteiger partial charge on any atom is 0.232 e. The van der Waals surface area contributed by atoms with Crippen LogP contribution in [-0.4, -0.2) is 33.8 Å². The molecule has 0 bridgehead atoms. The predicted octanol–water partition coefficient (Wildman–Crippen LogP) is 4.64. The van der Waals surface area contributed by atoms with Crippen LogP contribution in [0, 0.1) is 0 Å². The Morgan fingerprint density at radius 3 is 2.32 bits per heavy atom. The first-order valence-electron chi connectivity index (χ1n) is 9.24. The molecule has 0 aliphatic carbocycles. The van der Waals surface area contributed by atoms with Crippen molar-refractivity contribution in [3.63, 3.8) is 0 Å². The molecule has 0 radical (unpaired) electrons. The molecule has 1 aromatic heterocycles. The van der Waals surface area contributed by atoms with Crippen LogP contribution in [0.2, 0.25) is 0 Å². The quantitative estimate of drug-likeness (QED) is 0.374. The molecule has 28 heavy (non-hydrogen) atoms. The molecule has 1 aromatic carbocycles. The molecular weight excluding hydrogens is 352 g/mol. The second kappa shape index (κ2) is 10.2. The van der Waals surface area contributed by atoms with Crippen LogP contribution in [0.1, 0.15) is 34.6 Å². The van der Waals surface area contributed by atoms with Crippen LogP contribution in [0.25, 0.3) is 11.4 Å². The number of rotatable bonds is 9. The highest BCUT2D eigenvalue weighted by Gasteiger charge is 2.09. The standard InChI is InChI=1S/C21H28N6O/c1-14(2)23-20-25-19(17-10-8-7-9-11-17)26-21(27-20)24-16(5)12-13-18(22-6)28-15(3)4/h7-15H,6H2,1-5H3,(H2,23,24,25,26,27)/b16-12+,18-13+. The second-order valence-corrected chi connectivity index (χ2v) is 6.78. The monoisotopic (exact) mass is 380 g/mol. The van der Waals surface area contributed by atoms with Gasteiger partial charge in [0.15, 0.2) is 5.82 Å². The van der Waals surface area contributed by atoms with Gasteiger partial charge in [-0.3, -0.25) is 0 Å². The van der Waals surface area contributed by atoms with Gasteiger partial charge in [-0.25, -0.2) is 4.99 Å². The van der Waals surface area contributed by atoms with Gasteiger partial charge in [-0.2, -0.15) is 15.0 Å². The fraction of sp³-hybridized carbons (Fsp3) is 0.333. The SMILES string of the molecule is C=N/C(=C\C=C(/C)Nc1nc(NC(C)C)nc(-c2ccccc2)n1)OC(C)C. The molecule has 7 heteroatoms. The van der Waals surface area contributed by atoms with Crippen molar-refractivity contribution in [2.24, 2.45) is 4.99 Å². The van der Waals surface area contributed by atoms with Gasteiger partial charge in [0.25, 0.3) is 0 Å². The molecule has 148 valence electrons. The Kier molecular flexibility index (Phi) is 7.68. The van der Waals surface area contributed by atoms with E-state index < -0.39 is 0 Å². The topological polar surface area (TPSA) is 84.3 Å². The van der Waals surface area contributed by atoms with Crippen LogP contribution in [0.15, 0.2) is 59.1 Å². The third-order valence-electron chi connectivity index (χ3n) is 3.38. The lowest BCUT2D eigenvalue weighted by Crippen LogP contribution is -2.15. The Morgan fingerprint density at radius 1 is 1.04 bits per heavy atom. The van der Waals surface area contributed by atoms with Crippen molar-refractivity contribution in [1.82, 2.24) is 15.0 Å². The van der Waals surface area contributed by atoms with E-state index in [2.05, 4.69) is 37.3 Å². The fourth-order valence-electron chi connectivity index (χ4n) is 2.26. The van der Waals surface area contributed by atoms with Crippen LogP contribution >= 0.6 is 0 Å². The molecule has 2 rings (SSSR count). The maximum absolute atomic E-state index is 5.55. The summed E-state index contributed by atoms with van der Waals surface area (Å²) in [5.41, 5.74) is 1.75. The molecule has 0 atom stereocenters. The summed E-state index contributed by atoms with van der Waals surface area (Å²) in [6.45, 7) is 13.4. The van der Waals surface area contributed by atoms with Crippen molar-refractivity contribution >= 4 is 18.6 Å². The van der Waals surface area contributed by atoms with Crippen molar-refractivity contribution in [3.05, 3.63) is 54.1 Å². The summed E-state index contributed by atoms with van der Waals surface area (Å²) in [4.78, 5) is 17.4. The first-order chi connectivity index (χ1) is 13.4. The zero-order valence-corrected chi connectivity index (χ0v) is 17.1. The van der Waals surface area contributed by atoms with E-state index in [1.54, 1.807) is 6.08 Å². The second-order valence-electron chi connectivity index (χ2n) is 6.78. The Bertz CT molecular complexity index is 843. The maximum atomic E-state index is 5.55. The molecule has 7 nitrogen and oxygen atoms in total. The van der Waals surface area contributed by atoms with E-state index in [0.717, 1.165) is 11.3 Å². The summed E-state index contributed by atoms with van der Waals surface area (Å²) in [5, 5.41) is 6.43. The molecule has 0 spiro atoms. The van der Waals surface area contributed by atoms with Crippen LogP contribution in [0.5, 0.6) is 0 Å². The number of ether oxygens (including phenoxy) is 1. The zero-order valence-electron chi connectivity index (χ0n) is 17.1. The summed E-state index contributed by atoms with van der Waals surface area (Å²) >= 11 is 0. The number of hydrogen-bond acceptors (Lipinski definition) is 7. The third-order valence-corrected chi connectivity index (χ3v) is 3.38. The van der Waals surface area contributed by atoms with Crippen LogP contribution < -0.4 is 10.6 Å². The third kappa shape index (κ3) is 6.83. The van der Waals surface area contributed by atoms with Crippen molar-refractivity contribution in [3.8, 4) is 11.4 Å². The lowest BCUT2D eigenvalue weighted by Gasteiger charge is -2.12. The Morgan fingerprint density at radius 2 is 1.71 bits per heavy atom. The Hall–Kier alpha value is -3.22. The largest absolute Gasteiger partial charge is 0.475 e.